The number of nitrogens with zero attached hydrogens (tertiary/aromatic N) is 1. The number of carboxylic acids is 1. The molecule has 1 N–H and O–H groups in total. The average Bonchev–Trinajstić information content (AvgIpc) is 2.67. The summed E-state index contributed by atoms with van der Waals surface area (Å²) in [5, 5.41) is 9.65. The molecule has 1 atom stereocenters. The lowest BCUT2D eigenvalue weighted by Crippen LogP contribution is -2.34. The topological polar surface area (TPSA) is 40.5 Å². The van der Waals surface area contributed by atoms with Crippen LogP contribution in [-0.4, -0.2) is 29.1 Å². The van der Waals surface area contributed by atoms with Crippen LogP contribution in [0.4, 0.5) is 0 Å². The van der Waals surface area contributed by atoms with Crippen LogP contribution >= 0.6 is 11.3 Å². The van der Waals surface area contributed by atoms with Crippen LogP contribution in [0.25, 0.3) is 0 Å². The fourth-order valence-corrected chi connectivity index (χ4v) is 3.91. The monoisotopic (exact) mass is 295 g/mol. The second-order valence-corrected chi connectivity index (χ2v) is 7.76. The lowest BCUT2D eigenvalue weighted by Gasteiger charge is -2.26. The minimum absolute atomic E-state index is 0.0881. The van der Waals surface area contributed by atoms with Crippen LogP contribution in [0.15, 0.2) is 12.1 Å². The van der Waals surface area contributed by atoms with E-state index in [1.807, 2.05) is 6.07 Å². The van der Waals surface area contributed by atoms with Crippen molar-refractivity contribution >= 4 is 17.3 Å². The van der Waals surface area contributed by atoms with E-state index in [0.29, 0.717) is 0 Å². The molecule has 1 aromatic rings. The van der Waals surface area contributed by atoms with Gasteiger partial charge in [-0.05, 0) is 43.5 Å². The van der Waals surface area contributed by atoms with E-state index < -0.39 is 12.0 Å². The number of aliphatic carboxylic acids is 1. The van der Waals surface area contributed by atoms with E-state index in [1.165, 1.54) is 17.7 Å². The zero-order valence-corrected chi connectivity index (χ0v) is 13.5. The van der Waals surface area contributed by atoms with Crippen molar-refractivity contribution in [1.29, 1.82) is 0 Å². The first-order chi connectivity index (χ1) is 9.39. The van der Waals surface area contributed by atoms with E-state index in [9.17, 15) is 9.90 Å². The molecule has 1 fully saturated rings. The Hall–Kier alpha value is -0.870. The van der Waals surface area contributed by atoms with Gasteiger partial charge in [0.05, 0.1) is 0 Å². The van der Waals surface area contributed by atoms with E-state index in [1.54, 1.807) is 11.3 Å². The second kappa shape index (κ2) is 6.27. The van der Waals surface area contributed by atoms with Crippen molar-refractivity contribution in [3.8, 4) is 0 Å². The first kappa shape index (κ1) is 15.5. The highest BCUT2D eigenvalue weighted by Crippen LogP contribution is 2.35. The van der Waals surface area contributed by atoms with Crippen molar-refractivity contribution in [1.82, 2.24) is 4.90 Å². The van der Waals surface area contributed by atoms with Crippen LogP contribution in [0.3, 0.4) is 0 Å². The number of hydrogen-bond donors (Lipinski definition) is 1. The van der Waals surface area contributed by atoms with Crippen LogP contribution in [0.1, 0.15) is 62.3 Å². The van der Waals surface area contributed by atoms with Crippen molar-refractivity contribution < 1.29 is 9.90 Å². The van der Waals surface area contributed by atoms with Crippen molar-refractivity contribution in [2.75, 3.05) is 13.1 Å². The summed E-state index contributed by atoms with van der Waals surface area (Å²) in [6.07, 6.45) is 4.67. The lowest BCUT2D eigenvalue weighted by molar-refractivity contribution is -0.143. The molecule has 0 aromatic carbocycles. The van der Waals surface area contributed by atoms with Gasteiger partial charge in [-0.2, -0.15) is 0 Å². The smallest absolute Gasteiger partial charge is 0.326 e. The number of thiophene rings is 1. The summed E-state index contributed by atoms with van der Waals surface area (Å²) in [7, 11) is 0. The summed E-state index contributed by atoms with van der Waals surface area (Å²) in [5.74, 6) is -0.714. The van der Waals surface area contributed by atoms with Gasteiger partial charge in [0.25, 0.3) is 0 Å². The standard InChI is InChI=1S/C16H25NO2S/c1-16(2,3)13-9-8-12(20-13)14(15(18)19)17-10-6-4-5-7-11-17/h8-9,14H,4-7,10-11H2,1-3H3,(H,18,19). The number of rotatable bonds is 3. The third-order valence-electron chi connectivity index (χ3n) is 3.88. The molecule has 0 amide bonds. The number of hydrogen-bond acceptors (Lipinski definition) is 3. The van der Waals surface area contributed by atoms with Crippen LogP contribution in [0.2, 0.25) is 0 Å². The van der Waals surface area contributed by atoms with Crippen molar-refractivity contribution in [3.05, 3.63) is 21.9 Å². The Morgan fingerprint density at radius 1 is 1.20 bits per heavy atom. The minimum atomic E-state index is -0.714. The van der Waals surface area contributed by atoms with Gasteiger partial charge in [-0.3, -0.25) is 9.69 Å². The molecule has 2 heterocycles. The van der Waals surface area contributed by atoms with Gasteiger partial charge >= 0.3 is 5.97 Å². The molecule has 1 saturated heterocycles. The van der Waals surface area contributed by atoms with E-state index in [-0.39, 0.29) is 5.41 Å². The Kier molecular flexibility index (Phi) is 4.86. The molecule has 0 spiro atoms. The third kappa shape index (κ3) is 3.61. The number of carboxylic acid groups (broad SMARTS) is 1. The molecule has 0 saturated carbocycles. The highest BCUT2D eigenvalue weighted by Gasteiger charge is 2.30. The van der Waals surface area contributed by atoms with E-state index in [2.05, 4.69) is 31.7 Å². The molecule has 112 valence electrons. The number of likely N-dealkylation sites (tertiary alicyclic amines) is 1. The molecule has 0 bridgehead atoms. The average molecular weight is 295 g/mol. The summed E-state index contributed by atoms with van der Waals surface area (Å²) in [5.41, 5.74) is 0.0881. The lowest BCUT2D eigenvalue weighted by atomic mass is 9.95. The van der Waals surface area contributed by atoms with Gasteiger partial charge in [0.15, 0.2) is 0 Å². The summed E-state index contributed by atoms with van der Waals surface area (Å²) < 4.78 is 0. The zero-order chi connectivity index (χ0) is 14.8. The SMILES string of the molecule is CC(C)(C)c1ccc(C(C(=O)O)N2CCCCCC2)s1. The summed E-state index contributed by atoms with van der Waals surface area (Å²) in [6.45, 7) is 8.32. The molecule has 1 aromatic heterocycles. The van der Waals surface area contributed by atoms with Crippen molar-refractivity contribution in [2.45, 2.75) is 57.9 Å². The summed E-state index contributed by atoms with van der Waals surface area (Å²) in [6, 6.07) is 3.64. The van der Waals surface area contributed by atoms with Crippen LogP contribution in [0, 0.1) is 0 Å². The molecule has 3 nitrogen and oxygen atoms in total. The van der Waals surface area contributed by atoms with Gasteiger partial charge in [0, 0.05) is 9.75 Å². The Morgan fingerprint density at radius 2 is 1.80 bits per heavy atom. The largest absolute Gasteiger partial charge is 0.480 e. The maximum Gasteiger partial charge on any atom is 0.326 e. The van der Waals surface area contributed by atoms with Crippen molar-refractivity contribution in [2.24, 2.45) is 0 Å². The molecular formula is C16H25NO2S. The third-order valence-corrected chi connectivity index (χ3v) is 5.44. The molecular weight excluding hydrogens is 270 g/mol. The molecule has 1 unspecified atom stereocenters. The predicted octanol–water partition coefficient (Wildman–Crippen LogP) is 4.05. The van der Waals surface area contributed by atoms with Gasteiger partial charge in [0.1, 0.15) is 6.04 Å². The fraction of sp³-hybridized carbons (Fsp3) is 0.688. The first-order valence-corrected chi connectivity index (χ1v) is 8.28. The molecule has 0 radical (unpaired) electrons. The first-order valence-electron chi connectivity index (χ1n) is 7.46. The Bertz CT molecular complexity index is 453. The van der Waals surface area contributed by atoms with Gasteiger partial charge < -0.3 is 5.11 Å². The predicted molar refractivity (Wildman–Crippen MR) is 83.4 cm³/mol. The molecule has 2 rings (SSSR count). The van der Waals surface area contributed by atoms with E-state index in [0.717, 1.165) is 30.8 Å². The highest BCUT2D eigenvalue weighted by atomic mass is 32.1. The van der Waals surface area contributed by atoms with Gasteiger partial charge in [0.2, 0.25) is 0 Å². The molecule has 20 heavy (non-hydrogen) atoms. The molecule has 1 aliphatic heterocycles. The fourth-order valence-electron chi connectivity index (χ4n) is 2.71. The summed E-state index contributed by atoms with van der Waals surface area (Å²) in [4.78, 5) is 16.1. The van der Waals surface area contributed by atoms with Gasteiger partial charge in [-0.25, -0.2) is 0 Å². The van der Waals surface area contributed by atoms with Crippen LogP contribution in [-0.2, 0) is 10.2 Å². The highest BCUT2D eigenvalue weighted by molar-refractivity contribution is 7.12. The molecule has 4 heteroatoms. The minimum Gasteiger partial charge on any atom is -0.480 e. The van der Waals surface area contributed by atoms with Crippen LogP contribution in [0.5, 0.6) is 0 Å². The second-order valence-electron chi connectivity index (χ2n) is 6.64. The van der Waals surface area contributed by atoms with E-state index in [4.69, 9.17) is 0 Å². The maximum atomic E-state index is 11.7. The number of carbonyl (C=O) groups is 1. The van der Waals surface area contributed by atoms with Gasteiger partial charge in [-0.1, -0.05) is 33.6 Å². The Balaban J connectivity index is 2.24. The quantitative estimate of drug-likeness (QED) is 0.914. The molecule has 1 aliphatic rings. The Morgan fingerprint density at radius 3 is 2.25 bits per heavy atom. The van der Waals surface area contributed by atoms with Crippen molar-refractivity contribution in [3.63, 3.8) is 0 Å². The maximum absolute atomic E-state index is 11.7. The van der Waals surface area contributed by atoms with Gasteiger partial charge in [-0.15, -0.1) is 11.3 Å². The van der Waals surface area contributed by atoms with Crippen LogP contribution < -0.4 is 0 Å². The molecule has 0 aliphatic carbocycles. The zero-order valence-electron chi connectivity index (χ0n) is 12.7. The van der Waals surface area contributed by atoms with E-state index >= 15 is 0 Å². The normalized spacial score (nSPS) is 19.6. The Labute approximate surface area is 125 Å². The summed E-state index contributed by atoms with van der Waals surface area (Å²) >= 11 is 1.65.